The monoisotopic (exact) mass is 1340 g/mol. The lowest BCUT2D eigenvalue weighted by Gasteiger charge is -2.49. The molecule has 92 heavy (non-hydrogen) atoms. The van der Waals surface area contributed by atoms with Crippen LogP contribution in [0.3, 0.4) is 0 Å². The highest BCUT2D eigenvalue weighted by Crippen LogP contribution is 2.49. The van der Waals surface area contributed by atoms with E-state index in [1.165, 1.54) is 109 Å². The van der Waals surface area contributed by atoms with Crippen LogP contribution in [0.4, 0.5) is 0 Å². The predicted octanol–water partition coefficient (Wildman–Crippen LogP) is 8.40. The van der Waals surface area contributed by atoms with Gasteiger partial charge in [0.2, 0.25) is 0 Å². The average Bonchev–Trinajstić information content (AvgIpc) is 0.772. The van der Waals surface area contributed by atoms with Gasteiger partial charge in [0, 0.05) is 19.3 Å². The number of rotatable bonds is 54. The highest BCUT2D eigenvalue weighted by molar-refractivity contribution is 7.47. The van der Waals surface area contributed by atoms with Gasteiger partial charge in [0.1, 0.15) is 98.7 Å². The molecule has 18 unspecified atom stereocenters. The quantitative estimate of drug-likeness (QED) is 0.00894. The number of esters is 3. The van der Waals surface area contributed by atoms with Crippen LogP contribution in [-0.4, -0.2) is 204 Å². The van der Waals surface area contributed by atoms with E-state index in [0.717, 1.165) is 96.3 Å². The zero-order valence-corrected chi connectivity index (χ0v) is 56.7. The number of carbonyl (C=O) groups is 3. The Labute approximate surface area is 548 Å². The van der Waals surface area contributed by atoms with Crippen molar-refractivity contribution >= 4 is 25.7 Å². The number of phosphoric acid groups is 1. The fourth-order valence-corrected chi connectivity index (χ4v) is 12.7. The van der Waals surface area contributed by atoms with E-state index in [1.807, 2.05) is 0 Å². The first-order valence-corrected chi connectivity index (χ1v) is 37.0. The van der Waals surface area contributed by atoms with E-state index in [9.17, 15) is 74.9 Å². The summed E-state index contributed by atoms with van der Waals surface area (Å²) in [5, 5.41) is 110. The Hall–Kier alpha value is -2.30. The summed E-state index contributed by atoms with van der Waals surface area (Å²) < 4.78 is 64.8. The van der Waals surface area contributed by atoms with E-state index in [4.69, 9.17) is 42.2 Å². The van der Waals surface area contributed by atoms with Crippen molar-refractivity contribution in [3.63, 3.8) is 0 Å². The highest BCUT2D eigenvalue weighted by atomic mass is 31.2. The lowest BCUT2D eigenvalue weighted by Crippen LogP contribution is -2.69. The van der Waals surface area contributed by atoms with Crippen LogP contribution in [0.5, 0.6) is 0 Å². The van der Waals surface area contributed by atoms with Gasteiger partial charge in [-0.1, -0.05) is 213 Å². The molecule has 25 heteroatoms. The van der Waals surface area contributed by atoms with E-state index >= 15 is 0 Å². The van der Waals surface area contributed by atoms with Gasteiger partial charge in [0.05, 0.1) is 13.2 Å². The molecule has 0 amide bonds. The molecule has 3 fully saturated rings. The summed E-state index contributed by atoms with van der Waals surface area (Å²) in [5.41, 5.74) is 0. The second-order valence-electron chi connectivity index (χ2n) is 25.6. The van der Waals surface area contributed by atoms with Crippen LogP contribution in [0.2, 0.25) is 0 Å². The van der Waals surface area contributed by atoms with Crippen LogP contribution >= 0.6 is 7.82 Å². The minimum Gasteiger partial charge on any atom is -0.463 e. The number of carbonyl (C=O) groups excluding carboxylic acids is 3. The number of aliphatic hydroxyl groups excluding tert-OH is 10. The van der Waals surface area contributed by atoms with Gasteiger partial charge in [0.25, 0.3) is 0 Å². The van der Waals surface area contributed by atoms with Crippen LogP contribution in [0.15, 0.2) is 12.2 Å². The molecule has 2 saturated heterocycles. The first-order chi connectivity index (χ1) is 44.3. The summed E-state index contributed by atoms with van der Waals surface area (Å²) >= 11 is 0. The maximum absolute atomic E-state index is 14.3. The number of phosphoric ester groups is 1. The van der Waals surface area contributed by atoms with E-state index in [1.54, 1.807) is 0 Å². The normalized spacial score (nSPS) is 28.7. The molecule has 1 saturated carbocycles. The highest BCUT2D eigenvalue weighted by Gasteiger charge is 2.58. The molecule has 0 aromatic heterocycles. The van der Waals surface area contributed by atoms with Gasteiger partial charge in [-0.05, 0) is 44.9 Å². The number of unbranched alkanes of at least 4 members (excludes halogenated alkanes) is 31. The zero-order chi connectivity index (χ0) is 67.5. The Kier molecular flexibility index (Phi) is 45.7. The van der Waals surface area contributed by atoms with Gasteiger partial charge in [0.15, 0.2) is 18.7 Å². The molecule has 0 spiro atoms. The molecule has 3 rings (SSSR count). The van der Waals surface area contributed by atoms with Crippen molar-refractivity contribution in [3.8, 4) is 0 Å². The third kappa shape index (κ3) is 33.8. The molecule has 11 N–H and O–H groups in total. The Morgan fingerprint density at radius 3 is 1.18 bits per heavy atom. The van der Waals surface area contributed by atoms with Gasteiger partial charge in [-0.15, -0.1) is 0 Å². The second-order valence-corrected chi connectivity index (χ2v) is 27.0. The number of aliphatic hydroxyl groups is 10. The summed E-state index contributed by atoms with van der Waals surface area (Å²) in [7, 11) is -5.69. The first-order valence-electron chi connectivity index (χ1n) is 35.5. The average molecular weight is 1340 g/mol. The van der Waals surface area contributed by atoms with Crippen molar-refractivity contribution in [1.82, 2.24) is 0 Å². The number of ether oxygens (including phenoxy) is 7. The molecule has 0 aromatic carbocycles. The standard InChI is InChI=1S/C67H123O24P/c1-4-7-10-13-16-19-22-24-27-30-33-36-39-42-52(70)84-47-50-55(73)57(75)62(80)67(88-50)90-64-60(78)58(76)59(77)63(89-66-61(79)56(74)54(72)49(44-68)87-66)65(64)91-92(81,82)85-46-48(45-83-51(69)41-38-35-32-29-26-21-18-15-12-9-6-3)86-53(71)43-40-37-34-31-28-25-23-20-17-14-11-8-5-2/h24,27,48-50,54-68,72-80H,4-23,25-26,28-47H2,1-3H3,(H,81,82)/b27-24-. The Bertz CT molecular complexity index is 1970. The van der Waals surface area contributed by atoms with Gasteiger partial charge in [-0.2, -0.15) is 0 Å². The lowest BCUT2D eigenvalue weighted by molar-refractivity contribution is -0.360. The number of allylic oxidation sites excluding steroid dienone is 2. The minimum absolute atomic E-state index is 0.00925. The molecular formula is C67H123O24P. The van der Waals surface area contributed by atoms with Crippen LogP contribution in [0.1, 0.15) is 265 Å². The van der Waals surface area contributed by atoms with E-state index in [0.29, 0.717) is 19.3 Å². The topological polar surface area (TPSA) is 374 Å². The Morgan fingerprint density at radius 1 is 0.413 bits per heavy atom. The number of hydrogen-bond acceptors (Lipinski definition) is 23. The maximum atomic E-state index is 14.3. The van der Waals surface area contributed by atoms with Crippen molar-refractivity contribution in [2.24, 2.45) is 0 Å². The van der Waals surface area contributed by atoms with E-state index in [2.05, 4.69) is 32.9 Å². The SMILES string of the molecule is CCCCCCCC/C=C\CCCCCC(=O)OCC1OC(OC2C(O)C(O)C(O)C(OC3OC(CO)C(O)C(O)C3O)C2OP(=O)(O)OCC(COC(=O)CCCCCCCCCCCCC)OC(=O)CCCCCCCCCCCCCCC)C(O)C(O)C1O. The summed E-state index contributed by atoms with van der Waals surface area (Å²) in [6.07, 6.45) is 6.02. The van der Waals surface area contributed by atoms with Crippen LogP contribution in [0, 0.1) is 0 Å². The molecule has 0 bridgehead atoms. The molecule has 24 nitrogen and oxygen atoms in total. The largest absolute Gasteiger partial charge is 0.472 e. The molecule has 540 valence electrons. The fraction of sp³-hybridized carbons (Fsp3) is 0.925. The first kappa shape index (κ1) is 83.9. The Morgan fingerprint density at radius 2 is 0.761 bits per heavy atom. The molecule has 2 aliphatic heterocycles. The van der Waals surface area contributed by atoms with Gasteiger partial charge in [-0.3, -0.25) is 23.4 Å². The molecule has 1 aliphatic carbocycles. The van der Waals surface area contributed by atoms with Gasteiger partial charge in [-0.25, -0.2) is 4.57 Å². The molecule has 0 aromatic rings. The maximum Gasteiger partial charge on any atom is 0.472 e. The van der Waals surface area contributed by atoms with Crippen LogP contribution < -0.4 is 0 Å². The minimum atomic E-state index is -5.69. The Balaban J connectivity index is 1.77. The molecule has 3 aliphatic rings. The third-order valence-electron chi connectivity index (χ3n) is 17.5. The smallest absolute Gasteiger partial charge is 0.463 e. The molecule has 0 radical (unpaired) electrons. The second kappa shape index (κ2) is 50.1. The van der Waals surface area contributed by atoms with Crippen molar-refractivity contribution in [2.45, 2.75) is 369 Å². The van der Waals surface area contributed by atoms with Crippen LogP contribution in [-0.2, 0) is 61.2 Å². The number of hydrogen-bond donors (Lipinski definition) is 11. The van der Waals surface area contributed by atoms with Gasteiger partial charge < -0.3 is 89.1 Å². The lowest BCUT2D eigenvalue weighted by atomic mass is 9.84. The summed E-state index contributed by atoms with van der Waals surface area (Å²) in [6, 6.07) is 0. The fourth-order valence-electron chi connectivity index (χ4n) is 11.7. The molecule has 2 heterocycles. The van der Waals surface area contributed by atoms with E-state index < -0.39 is 156 Å². The summed E-state index contributed by atoms with van der Waals surface area (Å²) in [6.45, 7) is 3.39. The van der Waals surface area contributed by atoms with Crippen molar-refractivity contribution < 1.29 is 117 Å². The van der Waals surface area contributed by atoms with Crippen molar-refractivity contribution in [2.75, 3.05) is 26.4 Å². The van der Waals surface area contributed by atoms with Crippen molar-refractivity contribution in [1.29, 1.82) is 0 Å². The zero-order valence-electron chi connectivity index (χ0n) is 55.8. The summed E-state index contributed by atoms with van der Waals surface area (Å²) in [4.78, 5) is 50.8. The molecular weight excluding hydrogens is 1220 g/mol. The third-order valence-corrected chi connectivity index (χ3v) is 18.5. The predicted molar refractivity (Wildman–Crippen MR) is 342 cm³/mol. The van der Waals surface area contributed by atoms with E-state index in [-0.39, 0.29) is 19.3 Å². The van der Waals surface area contributed by atoms with Gasteiger partial charge >= 0.3 is 25.7 Å². The summed E-state index contributed by atoms with van der Waals surface area (Å²) in [5.74, 6) is -2.00. The molecule has 18 atom stereocenters. The van der Waals surface area contributed by atoms with Crippen molar-refractivity contribution in [3.05, 3.63) is 12.2 Å². The van der Waals surface area contributed by atoms with Crippen LogP contribution in [0.25, 0.3) is 0 Å².